The molecule has 0 spiro atoms. The lowest BCUT2D eigenvalue weighted by molar-refractivity contribution is -0.124. The minimum Gasteiger partial charge on any atom is -0.393 e. The number of carbonyl (C=O) groups is 1. The maximum atomic E-state index is 11.9. The van der Waals surface area contributed by atoms with Crippen LogP contribution in [0.1, 0.15) is 46.0 Å². The molecule has 1 atom stereocenters. The van der Waals surface area contributed by atoms with Crippen LogP contribution in [0, 0.1) is 17.8 Å². The van der Waals surface area contributed by atoms with Crippen molar-refractivity contribution in [2.24, 2.45) is 23.5 Å². The molecule has 1 fully saturated rings. The van der Waals surface area contributed by atoms with E-state index in [-0.39, 0.29) is 17.7 Å². The van der Waals surface area contributed by atoms with E-state index in [1.54, 1.807) is 0 Å². The van der Waals surface area contributed by atoms with Crippen LogP contribution in [-0.4, -0.2) is 17.4 Å². The molecule has 0 radical (unpaired) electrons. The van der Waals surface area contributed by atoms with Gasteiger partial charge in [-0.1, -0.05) is 51.7 Å². The fraction of sp³-hybridized carbons (Fsp3) is 0.846. The zero-order valence-corrected chi connectivity index (χ0v) is 11.7. The summed E-state index contributed by atoms with van der Waals surface area (Å²) in [6.45, 7) is 4.70. The molecule has 1 unspecified atom stereocenters. The number of rotatable bonds is 6. The van der Waals surface area contributed by atoms with Gasteiger partial charge in [-0.2, -0.15) is 0 Å². The fourth-order valence-electron chi connectivity index (χ4n) is 2.57. The van der Waals surface area contributed by atoms with Gasteiger partial charge in [0.15, 0.2) is 0 Å². The molecule has 0 bridgehead atoms. The van der Waals surface area contributed by atoms with Gasteiger partial charge in [0.2, 0.25) is 5.91 Å². The van der Waals surface area contributed by atoms with Gasteiger partial charge in [-0.3, -0.25) is 4.79 Å². The van der Waals surface area contributed by atoms with Crippen molar-refractivity contribution in [1.29, 1.82) is 0 Å². The Morgan fingerprint density at radius 3 is 2.47 bits per heavy atom. The number of hydrogen-bond donors (Lipinski definition) is 2. The molecule has 0 aromatic heterocycles. The van der Waals surface area contributed by atoms with E-state index in [9.17, 15) is 4.79 Å². The van der Waals surface area contributed by atoms with Crippen molar-refractivity contribution in [1.82, 2.24) is 5.32 Å². The van der Waals surface area contributed by atoms with Crippen LogP contribution in [-0.2, 0) is 4.79 Å². The first-order chi connectivity index (χ1) is 8.02. The molecule has 17 heavy (non-hydrogen) atoms. The van der Waals surface area contributed by atoms with E-state index >= 15 is 0 Å². The first kappa shape index (κ1) is 14.4. The van der Waals surface area contributed by atoms with Crippen LogP contribution in [0.3, 0.4) is 0 Å². The molecule has 0 aromatic carbocycles. The Morgan fingerprint density at radius 1 is 1.41 bits per heavy atom. The first-order valence-corrected chi connectivity index (χ1v) is 7.00. The summed E-state index contributed by atoms with van der Waals surface area (Å²) in [5.74, 6) is 0.635. The Bertz CT molecular complexity index is 273. The van der Waals surface area contributed by atoms with E-state index in [2.05, 4.69) is 5.32 Å². The molecule has 0 saturated heterocycles. The highest BCUT2D eigenvalue weighted by molar-refractivity contribution is 7.80. The Balaban J connectivity index is 2.29. The summed E-state index contributed by atoms with van der Waals surface area (Å²) >= 11 is 4.94. The highest BCUT2D eigenvalue weighted by Crippen LogP contribution is 2.26. The summed E-state index contributed by atoms with van der Waals surface area (Å²) in [5, 5.41) is 2.97. The molecule has 1 saturated carbocycles. The number of nitrogens with one attached hydrogen (secondary N) is 1. The minimum absolute atomic E-state index is 0.00880. The van der Waals surface area contributed by atoms with Crippen molar-refractivity contribution < 1.29 is 4.79 Å². The second kappa shape index (κ2) is 6.94. The monoisotopic (exact) mass is 256 g/mol. The van der Waals surface area contributed by atoms with Gasteiger partial charge in [0, 0.05) is 6.54 Å². The van der Waals surface area contributed by atoms with Crippen LogP contribution in [0.2, 0.25) is 0 Å². The van der Waals surface area contributed by atoms with Crippen LogP contribution >= 0.6 is 12.2 Å². The predicted octanol–water partition coefficient (Wildman–Crippen LogP) is 2.24. The van der Waals surface area contributed by atoms with E-state index in [0.29, 0.717) is 4.99 Å². The lowest BCUT2D eigenvalue weighted by Gasteiger charge is -2.19. The van der Waals surface area contributed by atoms with Crippen molar-refractivity contribution in [2.45, 2.75) is 46.0 Å². The molecule has 98 valence electrons. The highest BCUT2D eigenvalue weighted by atomic mass is 32.1. The van der Waals surface area contributed by atoms with Crippen LogP contribution in [0.25, 0.3) is 0 Å². The normalized spacial score (nSPS) is 18.3. The van der Waals surface area contributed by atoms with Crippen LogP contribution in [0.5, 0.6) is 0 Å². The van der Waals surface area contributed by atoms with E-state index in [0.717, 1.165) is 18.9 Å². The molecular formula is C13H24N2OS. The highest BCUT2D eigenvalue weighted by Gasteiger charge is 2.24. The molecule has 1 aliphatic carbocycles. The predicted molar refractivity (Wildman–Crippen MR) is 74.7 cm³/mol. The lowest BCUT2D eigenvalue weighted by Crippen LogP contribution is -2.41. The zero-order valence-electron chi connectivity index (χ0n) is 10.9. The summed E-state index contributed by atoms with van der Waals surface area (Å²) < 4.78 is 0. The van der Waals surface area contributed by atoms with Gasteiger partial charge in [-0.05, 0) is 18.3 Å². The van der Waals surface area contributed by atoms with Gasteiger partial charge >= 0.3 is 0 Å². The Labute approximate surface area is 110 Å². The Hall–Kier alpha value is -0.640. The van der Waals surface area contributed by atoms with Crippen molar-refractivity contribution in [3.8, 4) is 0 Å². The van der Waals surface area contributed by atoms with Gasteiger partial charge < -0.3 is 11.1 Å². The van der Waals surface area contributed by atoms with Gasteiger partial charge in [0.1, 0.15) is 0 Å². The van der Waals surface area contributed by atoms with Gasteiger partial charge in [-0.15, -0.1) is 0 Å². The Morgan fingerprint density at radius 2 is 2.00 bits per heavy atom. The average Bonchev–Trinajstić information content (AvgIpc) is 2.69. The molecule has 1 rings (SSSR count). The van der Waals surface area contributed by atoms with Crippen LogP contribution in [0.15, 0.2) is 0 Å². The molecule has 1 amide bonds. The molecule has 4 heteroatoms. The first-order valence-electron chi connectivity index (χ1n) is 6.59. The van der Waals surface area contributed by atoms with Gasteiger partial charge in [-0.25, -0.2) is 0 Å². The van der Waals surface area contributed by atoms with E-state index < -0.39 is 0 Å². The van der Waals surface area contributed by atoms with Gasteiger partial charge in [0.05, 0.1) is 10.9 Å². The topological polar surface area (TPSA) is 55.1 Å². The molecule has 0 aliphatic heterocycles. The number of carbonyl (C=O) groups excluding carboxylic acids is 1. The summed E-state index contributed by atoms with van der Waals surface area (Å²) in [6, 6.07) is 0. The van der Waals surface area contributed by atoms with Crippen molar-refractivity contribution in [3.63, 3.8) is 0 Å². The standard InChI is InChI=1S/C13H24N2OS/c1-9(2)11(12(14)17)13(16)15-8-7-10-5-3-4-6-10/h9-11H,3-8H2,1-2H3,(H2,14,17)(H,15,16). The summed E-state index contributed by atoms with van der Waals surface area (Å²) in [7, 11) is 0. The smallest absolute Gasteiger partial charge is 0.230 e. The largest absolute Gasteiger partial charge is 0.393 e. The average molecular weight is 256 g/mol. The lowest BCUT2D eigenvalue weighted by atomic mass is 9.95. The molecule has 0 aromatic rings. The third kappa shape index (κ3) is 4.62. The van der Waals surface area contributed by atoms with Crippen molar-refractivity contribution in [3.05, 3.63) is 0 Å². The number of thiocarbonyl (C=S) groups is 1. The second-order valence-corrected chi connectivity index (χ2v) is 5.83. The zero-order chi connectivity index (χ0) is 12.8. The number of amides is 1. The summed E-state index contributed by atoms with van der Waals surface area (Å²) in [5.41, 5.74) is 5.60. The Kier molecular flexibility index (Phi) is 5.89. The maximum absolute atomic E-state index is 11.9. The molecule has 3 N–H and O–H groups in total. The van der Waals surface area contributed by atoms with E-state index in [1.807, 2.05) is 13.8 Å². The van der Waals surface area contributed by atoms with E-state index in [4.69, 9.17) is 18.0 Å². The van der Waals surface area contributed by atoms with Crippen LogP contribution in [0.4, 0.5) is 0 Å². The SMILES string of the molecule is CC(C)C(C(=O)NCCC1CCCC1)C(N)=S. The summed E-state index contributed by atoms with van der Waals surface area (Å²) in [6.07, 6.45) is 6.42. The molecule has 3 nitrogen and oxygen atoms in total. The third-order valence-corrected chi connectivity index (χ3v) is 3.84. The second-order valence-electron chi connectivity index (χ2n) is 5.35. The minimum atomic E-state index is -0.325. The van der Waals surface area contributed by atoms with Crippen LogP contribution < -0.4 is 11.1 Å². The third-order valence-electron chi connectivity index (χ3n) is 3.58. The molecule has 1 aliphatic rings. The maximum Gasteiger partial charge on any atom is 0.230 e. The van der Waals surface area contributed by atoms with E-state index in [1.165, 1.54) is 25.7 Å². The number of nitrogens with two attached hydrogens (primary N) is 1. The fourth-order valence-corrected chi connectivity index (χ4v) is 2.95. The van der Waals surface area contributed by atoms with Crippen molar-refractivity contribution in [2.75, 3.05) is 6.54 Å². The quantitative estimate of drug-likeness (QED) is 0.717. The molecular weight excluding hydrogens is 232 g/mol. The number of hydrogen-bond acceptors (Lipinski definition) is 2. The summed E-state index contributed by atoms with van der Waals surface area (Å²) in [4.78, 5) is 12.2. The van der Waals surface area contributed by atoms with Gasteiger partial charge in [0.25, 0.3) is 0 Å². The van der Waals surface area contributed by atoms with Crippen molar-refractivity contribution >= 4 is 23.1 Å². The molecule has 0 heterocycles.